The fourth-order valence-corrected chi connectivity index (χ4v) is 1.86. The molecule has 5 heteroatoms. The molecule has 0 saturated heterocycles. The highest BCUT2D eigenvalue weighted by molar-refractivity contribution is 5.69. The van der Waals surface area contributed by atoms with Gasteiger partial charge in [0, 0.05) is 23.7 Å². The van der Waals surface area contributed by atoms with Gasteiger partial charge in [0.1, 0.15) is 18.2 Å². The average Bonchev–Trinajstić information content (AvgIpc) is 2.44. The zero-order chi connectivity index (χ0) is 15.2. The van der Waals surface area contributed by atoms with E-state index in [2.05, 4.69) is 0 Å². The van der Waals surface area contributed by atoms with E-state index in [0.29, 0.717) is 12.1 Å². The number of esters is 1. The van der Waals surface area contributed by atoms with Gasteiger partial charge >= 0.3 is 5.97 Å². The average molecular weight is 291 g/mol. The van der Waals surface area contributed by atoms with Crippen molar-refractivity contribution in [2.45, 2.75) is 19.4 Å². The first-order chi connectivity index (χ1) is 10.0. The minimum atomic E-state index is -0.723. The number of halogens is 2. The molecule has 0 radical (unpaired) electrons. The lowest BCUT2D eigenvalue weighted by Gasteiger charge is -2.06. The number of nitrogen functional groups attached to an aromatic ring is 1. The molecule has 0 aliphatic carbocycles. The second kappa shape index (κ2) is 6.83. The van der Waals surface area contributed by atoms with Crippen LogP contribution in [0.4, 0.5) is 14.5 Å². The largest absolute Gasteiger partial charge is 0.461 e. The van der Waals surface area contributed by atoms with Gasteiger partial charge in [-0.1, -0.05) is 12.1 Å². The molecule has 0 aliphatic rings. The Balaban J connectivity index is 1.82. The lowest BCUT2D eigenvalue weighted by atomic mass is 10.1. The van der Waals surface area contributed by atoms with Gasteiger partial charge in [-0.2, -0.15) is 0 Å². The van der Waals surface area contributed by atoms with Crippen molar-refractivity contribution in [2.75, 3.05) is 5.73 Å². The summed E-state index contributed by atoms with van der Waals surface area (Å²) in [5.74, 6) is -1.83. The summed E-state index contributed by atoms with van der Waals surface area (Å²) in [7, 11) is 0. The Bertz CT molecular complexity index is 644. The number of carbonyl (C=O) groups excluding carboxylic acids is 1. The van der Waals surface area contributed by atoms with Crippen molar-refractivity contribution in [3.8, 4) is 0 Å². The van der Waals surface area contributed by atoms with Gasteiger partial charge in [-0.15, -0.1) is 0 Å². The highest BCUT2D eigenvalue weighted by atomic mass is 19.1. The smallest absolute Gasteiger partial charge is 0.306 e. The SMILES string of the molecule is Nc1cccc(CCC(=O)OCc2ccc(F)cc2F)c1. The number of carbonyl (C=O) groups is 1. The highest BCUT2D eigenvalue weighted by Crippen LogP contribution is 2.12. The molecule has 0 unspecified atom stereocenters. The predicted octanol–water partition coefficient (Wildman–Crippen LogP) is 3.22. The third-order valence-electron chi connectivity index (χ3n) is 2.97. The molecule has 0 aliphatic heterocycles. The molecule has 2 N–H and O–H groups in total. The standard InChI is InChI=1S/C16H15F2NO2/c17-13-6-5-12(15(18)9-13)10-21-16(20)7-4-11-2-1-3-14(19)8-11/h1-3,5-6,8-9H,4,7,10,19H2. The molecular formula is C16H15F2NO2. The quantitative estimate of drug-likeness (QED) is 0.679. The lowest BCUT2D eigenvalue weighted by molar-refractivity contribution is -0.144. The van der Waals surface area contributed by atoms with Crippen molar-refractivity contribution >= 4 is 11.7 Å². The number of ether oxygens (including phenoxy) is 1. The van der Waals surface area contributed by atoms with Gasteiger partial charge in [-0.3, -0.25) is 4.79 Å². The first kappa shape index (κ1) is 15.0. The van der Waals surface area contributed by atoms with Crippen LogP contribution < -0.4 is 5.73 Å². The highest BCUT2D eigenvalue weighted by Gasteiger charge is 2.08. The zero-order valence-corrected chi connectivity index (χ0v) is 11.3. The molecule has 0 atom stereocenters. The Morgan fingerprint density at radius 3 is 2.67 bits per heavy atom. The number of hydrogen-bond donors (Lipinski definition) is 1. The molecule has 2 rings (SSSR count). The van der Waals surface area contributed by atoms with Crippen LogP contribution in [0, 0.1) is 11.6 Å². The van der Waals surface area contributed by atoms with Crippen LogP contribution >= 0.6 is 0 Å². The molecule has 0 saturated carbocycles. The summed E-state index contributed by atoms with van der Waals surface area (Å²) in [6.45, 7) is -0.206. The molecular weight excluding hydrogens is 276 g/mol. The van der Waals surface area contributed by atoms with Gasteiger partial charge < -0.3 is 10.5 Å². The molecule has 0 aromatic heterocycles. The monoisotopic (exact) mass is 291 g/mol. The molecule has 0 fully saturated rings. The van der Waals surface area contributed by atoms with Crippen LogP contribution in [-0.2, 0) is 22.6 Å². The number of rotatable bonds is 5. The van der Waals surface area contributed by atoms with Crippen LogP contribution in [0.5, 0.6) is 0 Å². The van der Waals surface area contributed by atoms with Crippen molar-refractivity contribution in [1.29, 1.82) is 0 Å². The van der Waals surface area contributed by atoms with E-state index >= 15 is 0 Å². The van der Waals surface area contributed by atoms with Crippen molar-refractivity contribution in [1.82, 2.24) is 0 Å². The van der Waals surface area contributed by atoms with Crippen LogP contribution in [0.1, 0.15) is 17.5 Å². The topological polar surface area (TPSA) is 52.3 Å². The van der Waals surface area contributed by atoms with Crippen LogP contribution in [0.25, 0.3) is 0 Å². The van der Waals surface area contributed by atoms with E-state index in [1.54, 1.807) is 12.1 Å². The number of benzene rings is 2. The Morgan fingerprint density at radius 1 is 1.14 bits per heavy atom. The molecule has 110 valence electrons. The summed E-state index contributed by atoms with van der Waals surface area (Å²) in [6, 6.07) is 10.4. The van der Waals surface area contributed by atoms with Crippen molar-refractivity contribution in [2.24, 2.45) is 0 Å². The van der Waals surface area contributed by atoms with Crippen LogP contribution in [0.15, 0.2) is 42.5 Å². The summed E-state index contributed by atoms with van der Waals surface area (Å²) in [5.41, 5.74) is 7.35. The van der Waals surface area contributed by atoms with Gasteiger partial charge in [0.25, 0.3) is 0 Å². The third-order valence-corrected chi connectivity index (χ3v) is 2.97. The summed E-state index contributed by atoms with van der Waals surface area (Å²) in [5, 5.41) is 0. The Hall–Kier alpha value is -2.43. The second-order valence-electron chi connectivity index (χ2n) is 4.64. The van der Waals surface area contributed by atoms with Gasteiger partial charge in [0.2, 0.25) is 0 Å². The number of aryl methyl sites for hydroxylation is 1. The van der Waals surface area contributed by atoms with E-state index in [0.717, 1.165) is 17.7 Å². The first-order valence-corrected chi connectivity index (χ1v) is 6.48. The molecule has 0 heterocycles. The van der Waals surface area contributed by atoms with Crippen molar-refractivity contribution in [3.05, 3.63) is 65.2 Å². The van der Waals surface area contributed by atoms with E-state index in [1.807, 2.05) is 12.1 Å². The van der Waals surface area contributed by atoms with Crippen molar-refractivity contribution in [3.63, 3.8) is 0 Å². The maximum Gasteiger partial charge on any atom is 0.306 e. The maximum absolute atomic E-state index is 13.4. The van der Waals surface area contributed by atoms with E-state index in [4.69, 9.17) is 10.5 Å². The third kappa shape index (κ3) is 4.56. The Labute approximate surface area is 121 Å². The van der Waals surface area contributed by atoms with E-state index in [1.165, 1.54) is 6.07 Å². The first-order valence-electron chi connectivity index (χ1n) is 6.48. The van der Waals surface area contributed by atoms with Gasteiger partial charge in [0.05, 0.1) is 0 Å². The maximum atomic E-state index is 13.4. The molecule has 3 nitrogen and oxygen atoms in total. The summed E-state index contributed by atoms with van der Waals surface area (Å²) in [6.07, 6.45) is 0.669. The fraction of sp³-hybridized carbons (Fsp3) is 0.188. The van der Waals surface area contributed by atoms with Crippen LogP contribution in [0.2, 0.25) is 0 Å². The minimum Gasteiger partial charge on any atom is -0.461 e. The van der Waals surface area contributed by atoms with E-state index < -0.39 is 17.6 Å². The summed E-state index contributed by atoms with van der Waals surface area (Å²) in [4.78, 5) is 11.6. The second-order valence-corrected chi connectivity index (χ2v) is 4.64. The summed E-state index contributed by atoms with van der Waals surface area (Å²) >= 11 is 0. The van der Waals surface area contributed by atoms with Crippen molar-refractivity contribution < 1.29 is 18.3 Å². The van der Waals surface area contributed by atoms with Crippen LogP contribution in [-0.4, -0.2) is 5.97 Å². The molecule has 0 bridgehead atoms. The fourth-order valence-electron chi connectivity index (χ4n) is 1.86. The van der Waals surface area contributed by atoms with E-state index in [-0.39, 0.29) is 18.6 Å². The number of hydrogen-bond acceptors (Lipinski definition) is 3. The minimum absolute atomic E-state index is 0.147. The normalized spacial score (nSPS) is 10.4. The molecule has 2 aromatic rings. The van der Waals surface area contributed by atoms with Gasteiger partial charge in [-0.05, 0) is 36.2 Å². The van der Waals surface area contributed by atoms with Crippen LogP contribution in [0.3, 0.4) is 0 Å². The molecule has 0 amide bonds. The zero-order valence-electron chi connectivity index (χ0n) is 11.3. The molecule has 0 spiro atoms. The number of anilines is 1. The summed E-state index contributed by atoms with van der Waals surface area (Å²) < 4.78 is 31.0. The molecule has 21 heavy (non-hydrogen) atoms. The Kier molecular flexibility index (Phi) is 4.87. The molecule has 2 aromatic carbocycles. The van der Waals surface area contributed by atoms with Gasteiger partial charge in [-0.25, -0.2) is 8.78 Å². The number of nitrogens with two attached hydrogens (primary N) is 1. The van der Waals surface area contributed by atoms with Gasteiger partial charge in [0.15, 0.2) is 0 Å². The van der Waals surface area contributed by atoms with E-state index in [9.17, 15) is 13.6 Å². The predicted molar refractivity (Wildman–Crippen MR) is 75.3 cm³/mol. The Morgan fingerprint density at radius 2 is 1.95 bits per heavy atom. The lowest BCUT2D eigenvalue weighted by Crippen LogP contribution is -2.07.